The highest BCUT2D eigenvalue weighted by atomic mass is 16.3. The maximum Gasteiger partial charge on any atom is 0.115 e. The molecule has 0 amide bonds. The number of anilines is 1. The van der Waals surface area contributed by atoms with Gasteiger partial charge in [0, 0.05) is 24.0 Å². The van der Waals surface area contributed by atoms with E-state index in [1.54, 1.807) is 18.2 Å². The van der Waals surface area contributed by atoms with Crippen LogP contribution in [0.1, 0.15) is 11.1 Å². The number of aryl methyl sites for hydroxylation is 1. The van der Waals surface area contributed by atoms with E-state index >= 15 is 0 Å². The van der Waals surface area contributed by atoms with Crippen molar-refractivity contribution in [3.63, 3.8) is 0 Å². The number of phenolic OH excluding ortho intramolecular Hbond substituents is 1. The largest absolute Gasteiger partial charge is 0.508 e. The van der Waals surface area contributed by atoms with Gasteiger partial charge in [-0.2, -0.15) is 0 Å². The first-order chi connectivity index (χ1) is 9.63. The molecule has 0 saturated heterocycles. The lowest BCUT2D eigenvalue weighted by atomic mass is 10.0. The summed E-state index contributed by atoms with van der Waals surface area (Å²) in [6.07, 6.45) is 3.79. The second kappa shape index (κ2) is 6.11. The van der Waals surface area contributed by atoms with Crippen LogP contribution >= 0.6 is 0 Å². The van der Waals surface area contributed by atoms with Gasteiger partial charge in [0.2, 0.25) is 0 Å². The van der Waals surface area contributed by atoms with Crippen LogP contribution in [-0.2, 0) is 0 Å². The zero-order chi connectivity index (χ0) is 14.5. The van der Waals surface area contributed by atoms with Crippen molar-refractivity contribution in [2.24, 2.45) is 0 Å². The maximum atomic E-state index is 9.39. The highest BCUT2D eigenvalue weighted by Gasteiger charge is 2.10. The van der Waals surface area contributed by atoms with E-state index < -0.39 is 0 Å². The average Bonchev–Trinajstić information content (AvgIpc) is 2.46. The minimum atomic E-state index is 0.271. The summed E-state index contributed by atoms with van der Waals surface area (Å²) >= 11 is 0. The molecule has 0 saturated carbocycles. The summed E-state index contributed by atoms with van der Waals surface area (Å²) in [4.78, 5) is 2.09. The number of benzene rings is 2. The molecule has 20 heavy (non-hydrogen) atoms. The van der Waals surface area contributed by atoms with Crippen LogP contribution in [0.2, 0.25) is 0 Å². The summed E-state index contributed by atoms with van der Waals surface area (Å²) in [7, 11) is 2.01. The third-order valence-electron chi connectivity index (χ3n) is 3.30. The first-order valence-corrected chi connectivity index (χ1v) is 6.55. The normalized spacial score (nSPS) is 11.2. The SMILES string of the molecule is C=C/C=C(\c1ccccc1C)N(C)c1ccc(O)cc1. The van der Waals surface area contributed by atoms with E-state index in [1.165, 1.54) is 11.1 Å². The lowest BCUT2D eigenvalue weighted by molar-refractivity contribution is 0.475. The molecule has 0 aliphatic heterocycles. The molecule has 2 aromatic carbocycles. The van der Waals surface area contributed by atoms with Crippen LogP contribution in [0.15, 0.2) is 67.3 Å². The van der Waals surface area contributed by atoms with Gasteiger partial charge in [-0.15, -0.1) is 0 Å². The summed E-state index contributed by atoms with van der Waals surface area (Å²) in [5.74, 6) is 0.271. The Kier molecular flexibility index (Phi) is 4.26. The fraction of sp³-hybridized carbons (Fsp3) is 0.111. The van der Waals surface area contributed by atoms with Crippen molar-refractivity contribution in [2.75, 3.05) is 11.9 Å². The van der Waals surface area contributed by atoms with E-state index in [1.807, 2.05) is 37.4 Å². The van der Waals surface area contributed by atoms with Crippen molar-refractivity contribution in [1.82, 2.24) is 0 Å². The zero-order valence-corrected chi connectivity index (χ0v) is 11.9. The Labute approximate surface area is 120 Å². The maximum absolute atomic E-state index is 9.39. The zero-order valence-electron chi connectivity index (χ0n) is 11.9. The summed E-state index contributed by atoms with van der Waals surface area (Å²) < 4.78 is 0. The van der Waals surface area contributed by atoms with Crippen LogP contribution in [0, 0.1) is 6.92 Å². The van der Waals surface area contributed by atoms with Crippen LogP contribution in [0.3, 0.4) is 0 Å². The molecule has 0 atom stereocenters. The topological polar surface area (TPSA) is 23.5 Å². The molecule has 0 unspecified atom stereocenters. The molecule has 2 nitrogen and oxygen atoms in total. The van der Waals surface area contributed by atoms with Crippen LogP contribution in [0.25, 0.3) is 5.70 Å². The van der Waals surface area contributed by atoms with Crippen LogP contribution < -0.4 is 4.90 Å². The monoisotopic (exact) mass is 265 g/mol. The molecule has 102 valence electrons. The summed E-state index contributed by atoms with van der Waals surface area (Å²) in [6.45, 7) is 5.90. The van der Waals surface area contributed by atoms with Gasteiger partial charge in [-0.05, 0) is 42.8 Å². The van der Waals surface area contributed by atoms with Gasteiger partial charge in [0.15, 0.2) is 0 Å². The minimum absolute atomic E-state index is 0.271. The Hall–Kier alpha value is -2.48. The van der Waals surface area contributed by atoms with E-state index in [9.17, 15) is 5.11 Å². The van der Waals surface area contributed by atoms with E-state index in [0.717, 1.165) is 11.4 Å². The first-order valence-electron chi connectivity index (χ1n) is 6.55. The quantitative estimate of drug-likeness (QED) is 0.830. The van der Waals surface area contributed by atoms with E-state index in [-0.39, 0.29) is 5.75 Å². The molecule has 0 radical (unpaired) electrons. The molecule has 0 aliphatic carbocycles. The fourth-order valence-electron chi connectivity index (χ4n) is 2.17. The van der Waals surface area contributed by atoms with Gasteiger partial charge in [-0.25, -0.2) is 0 Å². The van der Waals surface area contributed by atoms with Crippen molar-refractivity contribution in [3.8, 4) is 5.75 Å². The number of allylic oxidation sites excluding steroid dienone is 2. The number of phenols is 1. The van der Waals surface area contributed by atoms with Crippen LogP contribution in [0.4, 0.5) is 5.69 Å². The molecule has 2 rings (SSSR count). The fourth-order valence-corrected chi connectivity index (χ4v) is 2.17. The number of hydrogen-bond donors (Lipinski definition) is 1. The van der Waals surface area contributed by atoms with Gasteiger partial charge in [0.05, 0.1) is 0 Å². The molecular weight excluding hydrogens is 246 g/mol. The van der Waals surface area contributed by atoms with Crippen molar-refractivity contribution in [1.29, 1.82) is 0 Å². The molecule has 0 bridgehead atoms. The Morgan fingerprint density at radius 3 is 2.35 bits per heavy atom. The Morgan fingerprint density at radius 1 is 1.10 bits per heavy atom. The third-order valence-corrected chi connectivity index (χ3v) is 3.30. The van der Waals surface area contributed by atoms with Gasteiger partial charge in [-0.1, -0.05) is 36.9 Å². The van der Waals surface area contributed by atoms with Crippen molar-refractivity contribution in [2.45, 2.75) is 6.92 Å². The van der Waals surface area contributed by atoms with E-state index in [2.05, 4.69) is 30.5 Å². The molecule has 2 heteroatoms. The van der Waals surface area contributed by atoms with Crippen molar-refractivity contribution >= 4 is 11.4 Å². The Morgan fingerprint density at radius 2 is 1.75 bits per heavy atom. The standard InChI is InChI=1S/C18H19NO/c1-4-7-18(17-9-6-5-8-14(17)2)19(3)15-10-12-16(20)13-11-15/h4-13,20H,1H2,2-3H3/b18-7+. The second-order valence-corrected chi connectivity index (χ2v) is 4.68. The number of hydrogen-bond acceptors (Lipinski definition) is 2. The Balaban J connectivity index is 2.44. The predicted octanol–water partition coefficient (Wildman–Crippen LogP) is 4.36. The summed E-state index contributed by atoms with van der Waals surface area (Å²) in [5.41, 5.74) is 4.47. The Bertz CT molecular complexity index is 626. The molecule has 0 fully saturated rings. The van der Waals surface area contributed by atoms with E-state index in [4.69, 9.17) is 0 Å². The third kappa shape index (κ3) is 2.91. The van der Waals surface area contributed by atoms with Crippen LogP contribution in [0.5, 0.6) is 5.75 Å². The molecule has 0 aliphatic rings. The van der Waals surface area contributed by atoms with Gasteiger partial charge < -0.3 is 10.0 Å². The second-order valence-electron chi connectivity index (χ2n) is 4.68. The van der Waals surface area contributed by atoms with Gasteiger partial charge in [-0.3, -0.25) is 0 Å². The van der Waals surface area contributed by atoms with Gasteiger partial charge in [0.1, 0.15) is 5.75 Å². The average molecular weight is 265 g/mol. The van der Waals surface area contributed by atoms with Crippen molar-refractivity contribution in [3.05, 3.63) is 78.4 Å². The molecule has 1 N–H and O–H groups in total. The van der Waals surface area contributed by atoms with Gasteiger partial charge in [0.25, 0.3) is 0 Å². The molecular formula is C18H19NO. The van der Waals surface area contributed by atoms with Crippen LogP contribution in [-0.4, -0.2) is 12.2 Å². The summed E-state index contributed by atoms with van der Waals surface area (Å²) in [6, 6.07) is 15.4. The summed E-state index contributed by atoms with van der Waals surface area (Å²) in [5, 5.41) is 9.39. The highest BCUT2D eigenvalue weighted by molar-refractivity contribution is 5.81. The number of aromatic hydroxyl groups is 1. The molecule has 2 aromatic rings. The number of rotatable bonds is 4. The molecule has 0 spiro atoms. The lowest BCUT2D eigenvalue weighted by Crippen LogP contribution is -2.15. The van der Waals surface area contributed by atoms with E-state index in [0.29, 0.717) is 0 Å². The minimum Gasteiger partial charge on any atom is -0.508 e. The smallest absolute Gasteiger partial charge is 0.115 e. The van der Waals surface area contributed by atoms with Gasteiger partial charge >= 0.3 is 0 Å². The predicted molar refractivity (Wildman–Crippen MR) is 85.9 cm³/mol. The van der Waals surface area contributed by atoms with Crippen molar-refractivity contribution < 1.29 is 5.11 Å². The number of nitrogens with zero attached hydrogens (tertiary/aromatic N) is 1. The highest BCUT2D eigenvalue weighted by Crippen LogP contribution is 2.27. The molecule has 0 heterocycles. The molecule has 0 aromatic heterocycles. The first kappa shape index (κ1) is 13.9. The lowest BCUT2D eigenvalue weighted by Gasteiger charge is -2.24.